The van der Waals surface area contributed by atoms with E-state index in [1.165, 1.54) is 0 Å². The average Bonchev–Trinajstić information content (AvgIpc) is 3.56. The van der Waals surface area contributed by atoms with E-state index < -0.39 is 11.3 Å². The molecule has 168 valence electrons. The fourth-order valence-electron chi connectivity index (χ4n) is 4.70. The van der Waals surface area contributed by atoms with Crippen LogP contribution in [-0.2, 0) is 4.79 Å². The smallest absolute Gasteiger partial charge is 0.322 e. The van der Waals surface area contributed by atoms with Crippen LogP contribution in [0.5, 0.6) is 5.75 Å². The minimum absolute atomic E-state index is 0.0304. The van der Waals surface area contributed by atoms with Gasteiger partial charge in [-0.05, 0) is 61.1 Å². The molecule has 8 heteroatoms. The van der Waals surface area contributed by atoms with Crippen molar-refractivity contribution in [3.8, 4) is 17.2 Å². The van der Waals surface area contributed by atoms with Crippen molar-refractivity contribution in [2.45, 2.75) is 19.8 Å². The normalized spacial score (nSPS) is 22.8. The maximum Gasteiger partial charge on any atom is 0.322 e. The molecule has 2 aliphatic rings. The zero-order chi connectivity index (χ0) is 23.0. The molecule has 2 aliphatic carbocycles. The summed E-state index contributed by atoms with van der Waals surface area (Å²) in [6.45, 7) is 2.00. The summed E-state index contributed by atoms with van der Waals surface area (Å²) in [6.07, 6.45) is 6.18. The lowest BCUT2D eigenvalue weighted by atomic mass is 9.76. The summed E-state index contributed by atoms with van der Waals surface area (Å²) in [5.41, 5.74) is 0.993. The second-order valence-electron chi connectivity index (χ2n) is 8.70. The average molecular weight is 444 g/mol. The summed E-state index contributed by atoms with van der Waals surface area (Å²) in [4.78, 5) is 26.1. The number of benzene rings is 2. The first-order valence-electron chi connectivity index (χ1n) is 10.8. The van der Waals surface area contributed by atoms with E-state index in [1.54, 1.807) is 55.6 Å². The first-order valence-corrected chi connectivity index (χ1v) is 10.8. The van der Waals surface area contributed by atoms with E-state index in [9.17, 15) is 9.59 Å². The van der Waals surface area contributed by atoms with E-state index in [1.807, 2.05) is 6.92 Å². The lowest BCUT2D eigenvalue weighted by Crippen LogP contribution is -2.37. The van der Waals surface area contributed by atoms with E-state index in [0.717, 1.165) is 12.8 Å². The summed E-state index contributed by atoms with van der Waals surface area (Å²) in [5.74, 6) is 1.15. The fourth-order valence-corrected chi connectivity index (χ4v) is 4.70. The van der Waals surface area contributed by atoms with Crippen molar-refractivity contribution in [3.63, 3.8) is 0 Å². The monoisotopic (exact) mass is 444 g/mol. The standard InChI is InChI=1S/C25H24N4O4/c1-25(14-15-7-10-17(25)13-15)23(31)26-20-6-4-3-5-19(20)21(30)27-24-29-28-22(33-24)16-8-11-18(32-2)12-9-16/h3-12,15,17H,13-14H2,1-2H3,(H,26,31)(H,27,29,30)/t15-,17-,25+/m0/s1. The maximum atomic E-state index is 13.1. The molecule has 3 atom stereocenters. The van der Waals surface area contributed by atoms with Gasteiger partial charge in [-0.15, -0.1) is 5.10 Å². The van der Waals surface area contributed by atoms with Gasteiger partial charge in [-0.25, -0.2) is 0 Å². The summed E-state index contributed by atoms with van der Waals surface area (Å²) >= 11 is 0. The molecule has 1 heterocycles. The topological polar surface area (TPSA) is 106 Å². The maximum absolute atomic E-state index is 13.1. The molecule has 2 N–H and O–H groups in total. The Morgan fingerprint density at radius 1 is 1.06 bits per heavy atom. The van der Waals surface area contributed by atoms with E-state index >= 15 is 0 Å². The second-order valence-corrected chi connectivity index (χ2v) is 8.70. The van der Waals surface area contributed by atoms with E-state index in [2.05, 4.69) is 33.0 Å². The molecule has 5 rings (SSSR count). The van der Waals surface area contributed by atoms with Crippen molar-refractivity contribution in [1.29, 1.82) is 0 Å². The Hall–Kier alpha value is -3.94. The van der Waals surface area contributed by atoms with Crippen LogP contribution < -0.4 is 15.4 Å². The highest BCUT2D eigenvalue weighted by Gasteiger charge is 2.50. The number of aromatic nitrogens is 2. The van der Waals surface area contributed by atoms with Gasteiger partial charge in [0.25, 0.3) is 5.91 Å². The van der Waals surface area contributed by atoms with Crippen molar-refractivity contribution in [2.24, 2.45) is 17.3 Å². The molecule has 0 aliphatic heterocycles. The lowest BCUT2D eigenvalue weighted by molar-refractivity contribution is -0.126. The number of ether oxygens (including phenoxy) is 1. The molecular weight excluding hydrogens is 420 g/mol. The number of methoxy groups -OCH3 is 1. The van der Waals surface area contributed by atoms with Gasteiger partial charge in [0.2, 0.25) is 11.8 Å². The second kappa shape index (κ2) is 8.20. The lowest BCUT2D eigenvalue weighted by Gasteiger charge is -2.30. The third kappa shape index (κ3) is 3.88. The Kier molecular flexibility index (Phi) is 5.20. The molecule has 0 unspecified atom stereocenters. The molecule has 1 fully saturated rings. The molecule has 0 saturated heterocycles. The molecule has 1 saturated carbocycles. The SMILES string of the molecule is COc1ccc(-c2nnc(NC(=O)c3ccccc3NC(=O)[C@]3(C)C[C@H]4C=C[C@H]3C4)o2)cc1. The van der Waals surface area contributed by atoms with Crippen LogP contribution in [0.1, 0.15) is 30.1 Å². The number of nitrogens with zero attached hydrogens (tertiary/aromatic N) is 2. The highest BCUT2D eigenvalue weighted by Crippen LogP contribution is 2.52. The summed E-state index contributed by atoms with van der Waals surface area (Å²) in [5, 5.41) is 13.5. The number of anilines is 2. The van der Waals surface area contributed by atoms with Crippen LogP contribution in [0.4, 0.5) is 11.7 Å². The quantitative estimate of drug-likeness (QED) is 0.541. The Bertz CT molecular complexity index is 1230. The predicted octanol–water partition coefficient (Wildman–Crippen LogP) is 4.54. The Labute approximate surface area is 191 Å². The van der Waals surface area contributed by atoms with E-state index in [4.69, 9.17) is 9.15 Å². The number of carbonyl (C=O) groups excluding carboxylic acids is 2. The number of allylic oxidation sites excluding steroid dienone is 2. The Morgan fingerprint density at radius 3 is 2.55 bits per heavy atom. The van der Waals surface area contributed by atoms with Gasteiger partial charge in [0.15, 0.2) is 0 Å². The predicted molar refractivity (Wildman–Crippen MR) is 123 cm³/mol. The third-order valence-electron chi connectivity index (χ3n) is 6.60. The van der Waals surface area contributed by atoms with Crippen molar-refractivity contribution in [3.05, 3.63) is 66.2 Å². The molecule has 1 aromatic heterocycles. The van der Waals surface area contributed by atoms with Gasteiger partial charge in [0.05, 0.1) is 23.8 Å². The third-order valence-corrected chi connectivity index (χ3v) is 6.60. The number of carbonyl (C=O) groups is 2. The van der Waals surface area contributed by atoms with Crippen LogP contribution in [0, 0.1) is 17.3 Å². The Morgan fingerprint density at radius 2 is 1.85 bits per heavy atom. The molecule has 33 heavy (non-hydrogen) atoms. The molecule has 2 bridgehead atoms. The van der Waals surface area contributed by atoms with Crippen LogP contribution in [0.15, 0.2) is 65.1 Å². The number of fused-ring (bicyclic) bond motifs is 2. The summed E-state index contributed by atoms with van der Waals surface area (Å²) in [6, 6.07) is 14.0. The number of nitrogens with one attached hydrogen (secondary N) is 2. The first-order chi connectivity index (χ1) is 16.0. The number of para-hydroxylation sites is 1. The van der Waals surface area contributed by atoms with Gasteiger partial charge in [-0.3, -0.25) is 14.9 Å². The first kappa shape index (κ1) is 20.9. The molecule has 0 spiro atoms. The van der Waals surface area contributed by atoms with Crippen LogP contribution >= 0.6 is 0 Å². The zero-order valence-corrected chi connectivity index (χ0v) is 18.4. The summed E-state index contributed by atoms with van der Waals surface area (Å²) in [7, 11) is 1.59. The number of hydrogen-bond donors (Lipinski definition) is 2. The minimum atomic E-state index is -0.469. The summed E-state index contributed by atoms with van der Waals surface area (Å²) < 4.78 is 10.7. The van der Waals surface area contributed by atoms with Crippen molar-refractivity contribution in [1.82, 2.24) is 10.2 Å². The fraction of sp³-hybridized carbons (Fsp3) is 0.280. The zero-order valence-electron chi connectivity index (χ0n) is 18.4. The highest BCUT2D eigenvalue weighted by molar-refractivity contribution is 6.10. The van der Waals surface area contributed by atoms with Crippen molar-refractivity contribution in [2.75, 3.05) is 17.7 Å². The minimum Gasteiger partial charge on any atom is -0.497 e. The molecular formula is C25H24N4O4. The largest absolute Gasteiger partial charge is 0.497 e. The van der Waals surface area contributed by atoms with Gasteiger partial charge in [0, 0.05) is 5.56 Å². The van der Waals surface area contributed by atoms with Crippen LogP contribution in [-0.4, -0.2) is 29.1 Å². The van der Waals surface area contributed by atoms with Gasteiger partial charge in [-0.2, -0.15) is 0 Å². The number of amides is 2. The van der Waals surface area contributed by atoms with E-state index in [-0.39, 0.29) is 23.7 Å². The molecule has 8 nitrogen and oxygen atoms in total. The van der Waals surface area contributed by atoms with Crippen LogP contribution in [0.2, 0.25) is 0 Å². The number of rotatable bonds is 6. The van der Waals surface area contributed by atoms with Crippen molar-refractivity contribution < 1.29 is 18.7 Å². The van der Waals surface area contributed by atoms with Crippen molar-refractivity contribution >= 4 is 23.5 Å². The number of hydrogen-bond acceptors (Lipinski definition) is 6. The molecule has 2 aromatic carbocycles. The van der Waals surface area contributed by atoms with Gasteiger partial charge in [0.1, 0.15) is 5.75 Å². The van der Waals surface area contributed by atoms with Gasteiger partial charge in [-0.1, -0.05) is 36.3 Å². The highest BCUT2D eigenvalue weighted by atomic mass is 16.5. The van der Waals surface area contributed by atoms with Gasteiger partial charge >= 0.3 is 6.01 Å². The van der Waals surface area contributed by atoms with Gasteiger partial charge < -0.3 is 14.5 Å². The molecule has 0 radical (unpaired) electrons. The molecule has 2 amide bonds. The van der Waals surface area contributed by atoms with E-state index in [0.29, 0.717) is 28.5 Å². The Balaban J connectivity index is 1.30. The molecule has 3 aromatic rings. The van der Waals surface area contributed by atoms with Crippen LogP contribution in [0.3, 0.4) is 0 Å². The van der Waals surface area contributed by atoms with Crippen LogP contribution in [0.25, 0.3) is 11.5 Å².